The van der Waals surface area contributed by atoms with E-state index in [1.165, 1.54) is 23.6 Å². The molecule has 1 nitrogen and oxygen atoms in total. The number of aliphatic hydroxyl groups excluding tert-OH is 1. The summed E-state index contributed by atoms with van der Waals surface area (Å²) in [5.74, 6) is -1.88. The first-order valence-corrected chi connectivity index (χ1v) is 7.77. The van der Waals surface area contributed by atoms with Gasteiger partial charge in [-0.2, -0.15) is 0 Å². The number of aliphatic hydroxyl groups is 1. The van der Waals surface area contributed by atoms with E-state index in [1.807, 2.05) is 6.07 Å². The molecule has 2 aromatic carbocycles. The van der Waals surface area contributed by atoms with Gasteiger partial charge in [0.2, 0.25) is 0 Å². The highest BCUT2D eigenvalue weighted by molar-refractivity contribution is 9.10. The van der Waals surface area contributed by atoms with E-state index in [9.17, 15) is 13.9 Å². The third-order valence-electron chi connectivity index (χ3n) is 4.02. The van der Waals surface area contributed by atoms with Crippen LogP contribution in [0.1, 0.15) is 34.8 Å². The summed E-state index contributed by atoms with van der Waals surface area (Å²) in [4.78, 5) is 0. The molecule has 0 bridgehead atoms. The van der Waals surface area contributed by atoms with Gasteiger partial charge in [0.15, 0.2) is 11.6 Å². The summed E-state index contributed by atoms with van der Waals surface area (Å²) < 4.78 is 26.6. The molecule has 0 saturated carbocycles. The third kappa shape index (κ3) is 2.87. The van der Waals surface area contributed by atoms with Crippen molar-refractivity contribution < 1.29 is 13.9 Å². The van der Waals surface area contributed by atoms with Crippen molar-refractivity contribution in [1.29, 1.82) is 0 Å². The van der Waals surface area contributed by atoms with Gasteiger partial charge in [0.1, 0.15) is 0 Å². The van der Waals surface area contributed by atoms with Crippen molar-refractivity contribution in [2.75, 3.05) is 0 Å². The normalized spacial score (nSPS) is 15.0. The minimum Gasteiger partial charge on any atom is -0.388 e. The van der Waals surface area contributed by atoms with Crippen LogP contribution in [0.4, 0.5) is 8.78 Å². The van der Waals surface area contributed by atoms with Crippen LogP contribution < -0.4 is 0 Å². The van der Waals surface area contributed by atoms with Crippen LogP contribution in [0, 0.1) is 11.6 Å². The number of benzene rings is 2. The number of rotatable bonds is 3. The number of aryl methyl sites for hydroxylation is 2. The van der Waals surface area contributed by atoms with Crippen LogP contribution in [0.2, 0.25) is 0 Å². The molecule has 0 amide bonds. The predicted molar refractivity (Wildman–Crippen MR) is 81.2 cm³/mol. The lowest BCUT2D eigenvalue weighted by atomic mass is 9.98. The maximum Gasteiger partial charge on any atom is 0.173 e. The summed E-state index contributed by atoms with van der Waals surface area (Å²) in [6.45, 7) is 0. The van der Waals surface area contributed by atoms with Crippen molar-refractivity contribution >= 4 is 15.9 Å². The average molecular weight is 353 g/mol. The van der Waals surface area contributed by atoms with Gasteiger partial charge >= 0.3 is 0 Å². The Kier molecular flexibility index (Phi) is 4.09. The maximum absolute atomic E-state index is 13.5. The smallest absolute Gasteiger partial charge is 0.173 e. The first-order valence-electron chi connectivity index (χ1n) is 6.98. The van der Waals surface area contributed by atoms with Gasteiger partial charge in [-0.25, -0.2) is 8.78 Å². The Morgan fingerprint density at radius 1 is 1.10 bits per heavy atom. The third-order valence-corrected chi connectivity index (χ3v) is 4.82. The zero-order valence-electron chi connectivity index (χ0n) is 11.4. The molecule has 1 N–H and O–H groups in total. The van der Waals surface area contributed by atoms with Gasteiger partial charge in [-0.05, 0) is 63.5 Å². The molecule has 0 radical (unpaired) electrons. The number of hydrogen-bond donors (Lipinski definition) is 1. The zero-order valence-corrected chi connectivity index (χ0v) is 13.0. The Morgan fingerprint density at radius 2 is 1.86 bits per heavy atom. The average Bonchev–Trinajstić information content (AvgIpc) is 2.92. The lowest BCUT2D eigenvalue weighted by molar-refractivity contribution is 0.177. The molecule has 1 unspecified atom stereocenters. The predicted octanol–water partition coefficient (Wildman–Crippen LogP) is 4.49. The molecule has 0 saturated heterocycles. The molecule has 0 aliphatic heterocycles. The molecule has 3 rings (SSSR count). The van der Waals surface area contributed by atoms with Crippen molar-refractivity contribution in [3.05, 3.63) is 68.7 Å². The van der Waals surface area contributed by atoms with Gasteiger partial charge in [-0.3, -0.25) is 0 Å². The van der Waals surface area contributed by atoms with Crippen LogP contribution in [0.3, 0.4) is 0 Å². The van der Waals surface area contributed by atoms with Crippen LogP contribution in [0.25, 0.3) is 0 Å². The van der Waals surface area contributed by atoms with E-state index in [0.717, 1.165) is 24.5 Å². The van der Waals surface area contributed by atoms with E-state index < -0.39 is 17.7 Å². The zero-order chi connectivity index (χ0) is 15.0. The minimum absolute atomic E-state index is 0.00356. The SMILES string of the molecule is OC(Cc1ccc2c(c1)CCC2)c1ccc(F)c(F)c1Br. The van der Waals surface area contributed by atoms with Crippen LogP contribution in [0.15, 0.2) is 34.8 Å². The van der Waals surface area contributed by atoms with Crippen LogP contribution >= 0.6 is 15.9 Å². The fourth-order valence-electron chi connectivity index (χ4n) is 2.88. The van der Waals surface area contributed by atoms with Gasteiger partial charge in [0, 0.05) is 6.42 Å². The summed E-state index contributed by atoms with van der Waals surface area (Å²) in [6.07, 6.45) is 2.89. The highest BCUT2D eigenvalue weighted by Gasteiger charge is 2.18. The van der Waals surface area contributed by atoms with Crippen molar-refractivity contribution in [3.8, 4) is 0 Å². The van der Waals surface area contributed by atoms with Crippen molar-refractivity contribution in [2.45, 2.75) is 31.8 Å². The second kappa shape index (κ2) is 5.85. The number of halogens is 3. The van der Waals surface area contributed by atoms with Crippen molar-refractivity contribution in [2.24, 2.45) is 0 Å². The molecular weight excluding hydrogens is 338 g/mol. The Balaban J connectivity index is 1.83. The number of fused-ring (bicyclic) bond motifs is 1. The second-order valence-corrected chi connectivity index (χ2v) is 6.23. The molecule has 1 atom stereocenters. The Bertz CT molecular complexity index is 685. The second-order valence-electron chi connectivity index (χ2n) is 5.44. The highest BCUT2D eigenvalue weighted by Crippen LogP contribution is 2.31. The summed E-state index contributed by atoms with van der Waals surface area (Å²) in [7, 11) is 0. The minimum atomic E-state index is -0.958. The quantitative estimate of drug-likeness (QED) is 0.806. The fourth-order valence-corrected chi connectivity index (χ4v) is 3.47. The van der Waals surface area contributed by atoms with Crippen molar-refractivity contribution in [3.63, 3.8) is 0 Å². The van der Waals surface area contributed by atoms with Gasteiger partial charge < -0.3 is 5.11 Å². The lowest BCUT2D eigenvalue weighted by Crippen LogP contribution is -2.05. The summed E-state index contributed by atoms with van der Waals surface area (Å²) in [5, 5.41) is 10.3. The molecule has 1 aliphatic rings. The fraction of sp³-hybridized carbons (Fsp3) is 0.294. The van der Waals surface area contributed by atoms with E-state index in [4.69, 9.17) is 0 Å². The number of hydrogen-bond acceptors (Lipinski definition) is 1. The molecular formula is C17H15BrF2O. The maximum atomic E-state index is 13.5. The Labute approximate surface area is 130 Å². The van der Waals surface area contributed by atoms with E-state index in [2.05, 4.69) is 28.1 Å². The molecule has 0 fully saturated rings. The van der Waals surface area contributed by atoms with Crippen LogP contribution in [-0.2, 0) is 19.3 Å². The van der Waals surface area contributed by atoms with Gasteiger partial charge in [0.05, 0.1) is 10.6 Å². The van der Waals surface area contributed by atoms with Gasteiger partial charge in [-0.1, -0.05) is 24.3 Å². The molecule has 4 heteroatoms. The summed E-state index contributed by atoms with van der Waals surface area (Å²) in [6, 6.07) is 8.67. The standard InChI is InChI=1S/C17H15BrF2O/c18-16-13(6-7-14(19)17(16)20)15(21)9-10-4-5-11-2-1-3-12(11)8-10/h4-8,15,21H,1-3,9H2. The van der Waals surface area contributed by atoms with Crippen LogP contribution in [-0.4, -0.2) is 5.11 Å². The van der Waals surface area contributed by atoms with E-state index in [1.54, 1.807) is 0 Å². The van der Waals surface area contributed by atoms with E-state index in [-0.39, 0.29) is 4.47 Å². The first-order chi connectivity index (χ1) is 10.1. The molecule has 2 aromatic rings. The molecule has 21 heavy (non-hydrogen) atoms. The molecule has 1 aliphatic carbocycles. The molecule has 0 spiro atoms. The van der Waals surface area contributed by atoms with E-state index >= 15 is 0 Å². The van der Waals surface area contributed by atoms with E-state index in [0.29, 0.717) is 12.0 Å². The highest BCUT2D eigenvalue weighted by atomic mass is 79.9. The largest absolute Gasteiger partial charge is 0.388 e. The lowest BCUT2D eigenvalue weighted by Gasteiger charge is -2.14. The van der Waals surface area contributed by atoms with Crippen molar-refractivity contribution in [1.82, 2.24) is 0 Å². The molecule has 110 valence electrons. The summed E-state index contributed by atoms with van der Waals surface area (Å²) in [5.41, 5.74) is 4.10. The van der Waals surface area contributed by atoms with Gasteiger partial charge in [-0.15, -0.1) is 0 Å². The first kappa shape index (κ1) is 14.7. The Morgan fingerprint density at radius 3 is 2.67 bits per heavy atom. The molecule has 0 heterocycles. The Hall–Kier alpha value is -1.26. The monoisotopic (exact) mass is 352 g/mol. The summed E-state index contributed by atoms with van der Waals surface area (Å²) >= 11 is 3.02. The topological polar surface area (TPSA) is 20.2 Å². The van der Waals surface area contributed by atoms with Crippen LogP contribution in [0.5, 0.6) is 0 Å². The van der Waals surface area contributed by atoms with Gasteiger partial charge in [0.25, 0.3) is 0 Å². The molecule has 0 aromatic heterocycles.